The molecule has 0 aliphatic carbocycles. The second-order valence-corrected chi connectivity index (χ2v) is 7.48. The number of aliphatic hydroxyl groups excluding tert-OH is 1. The molecule has 8 nitrogen and oxygen atoms in total. The van der Waals surface area contributed by atoms with Gasteiger partial charge in [-0.05, 0) is 24.3 Å². The Morgan fingerprint density at radius 2 is 1.93 bits per heavy atom. The molecular formula is C18H20F3N5O3S. The fourth-order valence-electron chi connectivity index (χ4n) is 2.74. The van der Waals surface area contributed by atoms with Crippen LogP contribution in [-0.2, 0) is 11.3 Å². The lowest BCUT2D eigenvalue weighted by atomic mass is 10.2. The molecular weight excluding hydrogens is 423 g/mol. The van der Waals surface area contributed by atoms with E-state index < -0.39 is 18.8 Å². The van der Waals surface area contributed by atoms with Crippen molar-refractivity contribution in [2.75, 3.05) is 43.6 Å². The van der Waals surface area contributed by atoms with E-state index in [9.17, 15) is 18.3 Å². The van der Waals surface area contributed by atoms with E-state index >= 15 is 0 Å². The van der Waals surface area contributed by atoms with Crippen molar-refractivity contribution < 1.29 is 27.8 Å². The normalized spacial score (nSPS) is 15.6. The van der Waals surface area contributed by atoms with Crippen LogP contribution in [0, 0.1) is 11.3 Å². The molecule has 0 radical (unpaired) electrons. The third-order valence-corrected chi connectivity index (χ3v) is 5.27. The number of aliphatic hydroxyl groups is 1. The molecule has 162 valence electrons. The Bertz CT molecular complexity index is 863. The average molecular weight is 443 g/mol. The minimum atomic E-state index is -4.43. The van der Waals surface area contributed by atoms with Crippen LogP contribution in [-0.4, -0.2) is 70.8 Å². The van der Waals surface area contributed by atoms with Crippen LogP contribution in [0.4, 0.5) is 19.1 Å². The molecule has 1 unspecified atom stereocenters. The molecule has 0 saturated carbocycles. The largest absolute Gasteiger partial charge is 0.491 e. The summed E-state index contributed by atoms with van der Waals surface area (Å²) in [5.74, 6) is 0.699. The van der Waals surface area contributed by atoms with Crippen molar-refractivity contribution in [1.29, 1.82) is 5.26 Å². The van der Waals surface area contributed by atoms with Gasteiger partial charge in [0.25, 0.3) is 0 Å². The summed E-state index contributed by atoms with van der Waals surface area (Å²) in [5, 5.41) is 26.8. The zero-order valence-corrected chi connectivity index (χ0v) is 16.7. The summed E-state index contributed by atoms with van der Waals surface area (Å²) >= 11 is 0.980. The SMILES string of the molecule is N#Cc1ccc(OCC(O)CSc2nnc(N3CCOCC3)n2CC(F)(F)F)cc1. The van der Waals surface area contributed by atoms with Gasteiger partial charge in [0.2, 0.25) is 5.95 Å². The van der Waals surface area contributed by atoms with Gasteiger partial charge in [0.05, 0.1) is 31.0 Å². The first-order valence-electron chi connectivity index (χ1n) is 9.12. The first kappa shape index (κ1) is 22.2. The van der Waals surface area contributed by atoms with Gasteiger partial charge in [0.15, 0.2) is 5.16 Å². The highest BCUT2D eigenvalue weighted by Gasteiger charge is 2.33. The molecule has 1 N–H and O–H groups in total. The van der Waals surface area contributed by atoms with Crippen LogP contribution in [0.2, 0.25) is 0 Å². The number of rotatable bonds is 8. The highest BCUT2D eigenvalue weighted by molar-refractivity contribution is 7.99. The molecule has 12 heteroatoms. The molecule has 3 rings (SSSR count). The van der Waals surface area contributed by atoms with Gasteiger partial charge >= 0.3 is 6.18 Å². The summed E-state index contributed by atoms with van der Waals surface area (Å²) in [6.45, 7) is 0.415. The molecule has 0 amide bonds. The fraction of sp³-hybridized carbons (Fsp3) is 0.500. The van der Waals surface area contributed by atoms with Gasteiger partial charge in [0, 0.05) is 18.8 Å². The smallest absolute Gasteiger partial charge is 0.406 e. The molecule has 1 aromatic carbocycles. The molecule has 1 atom stereocenters. The number of nitriles is 1. The standard InChI is InChI=1S/C18H20F3N5O3S/c19-18(20,21)12-26-16(25-5-7-28-8-6-25)23-24-17(26)30-11-14(27)10-29-15-3-1-13(9-22)2-4-15/h1-4,14,27H,5-8,10-12H2. The molecule has 0 bridgehead atoms. The molecule has 1 aromatic heterocycles. The van der Waals surface area contributed by atoms with Gasteiger partial charge in [0.1, 0.15) is 18.9 Å². The van der Waals surface area contributed by atoms with Crippen molar-refractivity contribution in [3.8, 4) is 11.8 Å². The van der Waals surface area contributed by atoms with Crippen molar-refractivity contribution in [3.63, 3.8) is 0 Å². The Morgan fingerprint density at radius 1 is 1.23 bits per heavy atom. The molecule has 0 spiro atoms. The molecule has 1 fully saturated rings. The van der Waals surface area contributed by atoms with Crippen LogP contribution >= 0.6 is 11.8 Å². The van der Waals surface area contributed by atoms with E-state index in [1.54, 1.807) is 29.2 Å². The summed E-state index contributed by atoms with van der Waals surface area (Å²) in [6, 6.07) is 8.37. The summed E-state index contributed by atoms with van der Waals surface area (Å²) in [4.78, 5) is 1.71. The van der Waals surface area contributed by atoms with Gasteiger partial charge in [-0.2, -0.15) is 18.4 Å². The fourth-order valence-corrected chi connectivity index (χ4v) is 3.58. The van der Waals surface area contributed by atoms with Crippen LogP contribution in [0.1, 0.15) is 5.56 Å². The quantitative estimate of drug-likeness (QED) is 0.620. The summed E-state index contributed by atoms with van der Waals surface area (Å²) in [5.41, 5.74) is 0.485. The zero-order valence-electron chi connectivity index (χ0n) is 15.9. The van der Waals surface area contributed by atoms with Crippen molar-refractivity contribution in [2.24, 2.45) is 0 Å². The van der Waals surface area contributed by atoms with Gasteiger partial charge in [-0.1, -0.05) is 11.8 Å². The van der Waals surface area contributed by atoms with Crippen molar-refractivity contribution in [2.45, 2.75) is 24.0 Å². The molecule has 1 saturated heterocycles. The third-order valence-electron chi connectivity index (χ3n) is 4.16. The molecule has 30 heavy (non-hydrogen) atoms. The first-order valence-corrected chi connectivity index (χ1v) is 10.1. The van der Waals surface area contributed by atoms with E-state index in [4.69, 9.17) is 14.7 Å². The van der Waals surface area contributed by atoms with E-state index in [-0.39, 0.29) is 23.5 Å². The minimum absolute atomic E-state index is 0.0529. The zero-order chi connectivity index (χ0) is 21.6. The van der Waals surface area contributed by atoms with Crippen molar-refractivity contribution >= 4 is 17.7 Å². The first-order chi connectivity index (χ1) is 14.4. The summed E-state index contributed by atoms with van der Waals surface area (Å²) in [7, 11) is 0. The Hall–Kier alpha value is -2.49. The van der Waals surface area contributed by atoms with Gasteiger partial charge in [-0.25, -0.2) is 0 Å². The van der Waals surface area contributed by atoms with Gasteiger partial charge < -0.3 is 19.5 Å². The lowest BCUT2D eigenvalue weighted by molar-refractivity contribution is -0.141. The number of anilines is 1. The monoisotopic (exact) mass is 443 g/mol. The number of halogens is 3. The molecule has 2 heterocycles. The Labute approximate surface area is 175 Å². The molecule has 1 aliphatic rings. The van der Waals surface area contributed by atoms with Crippen molar-refractivity contribution in [3.05, 3.63) is 29.8 Å². The van der Waals surface area contributed by atoms with E-state index in [1.165, 1.54) is 0 Å². The summed E-state index contributed by atoms with van der Waals surface area (Å²) < 4.78 is 51.0. The number of thioether (sulfide) groups is 1. The van der Waals surface area contributed by atoms with E-state index in [0.717, 1.165) is 16.3 Å². The lowest BCUT2D eigenvalue weighted by Crippen LogP contribution is -2.38. The predicted molar refractivity (Wildman–Crippen MR) is 102 cm³/mol. The maximum atomic E-state index is 13.1. The number of morpholine rings is 1. The number of alkyl halides is 3. The van der Waals surface area contributed by atoms with Gasteiger partial charge in [-0.15, -0.1) is 10.2 Å². The second kappa shape index (κ2) is 10.0. The van der Waals surface area contributed by atoms with Crippen molar-refractivity contribution in [1.82, 2.24) is 14.8 Å². The Balaban J connectivity index is 1.60. The third kappa shape index (κ3) is 6.25. The number of hydrogen-bond donors (Lipinski definition) is 1. The maximum Gasteiger partial charge on any atom is 0.406 e. The number of hydrogen-bond acceptors (Lipinski definition) is 8. The maximum absolute atomic E-state index is 13.1. The molecule has 2 aromatic rings. The molecule has 1 aliphatic heterocycles. The predicted octanol–water partition coefficient (Wildman–Crippen LogP) is 2.08. The van der Waals surface area contributed by atoms with Crippen LogP contribution in [0.15, 0.2) is 29.4 Å². The van der Waals surface area contributed by atoms with Gasteiger partial charge in [-0.3, -0.25) is 4.57 Å². The van der Waals surface area contributed by atoms with E-state index in [0.29, 0.717) is 37.6 Å². The lowest BCUT2D eigenvalue weighted by Gasteiger charge is -2.28. The van der Waals surface area contributed by atoms with E-state index in [1.807, 2.05) is 6.07 Å². The van der Waals surface area contributed by atoms with E-state index in [2.05, 4.69) is 10.2 Å². The number of benzene rings is 1. The average Bonchev–Trinajstić information content (AvgIpc) is 3.12. The topological polar surface area (TPSA) is 96.4 Å². The van der Waals surface area contributed by atoms with Crippen LogP contribution < -0.4 is 9.64 Å². The van der Waals surface area contributed by atoms with Crippen LogP contribution in [0.3, 0.4) is 0 Å². The number of aromatic nitrogens is 3. The van der Waals surface area contributed by atoms with Crippen LogP contribution in [0.5, 0.6) is 5.75 Å². The van der Waals surface area contributed by atoms with Crippen LogP contribution in [0.25, 0.3) is 0 Å². The Kier molecular flexibility index (Phi) is 7.41. The minimum Gasteiger partial charge on any atom is -0.491 e. The Morgan fingerprint density at radius 3 is 2.57 bits per heavy atom. The number of nitrogens with zero attached hydrogens (tertiary/aromatic N) is 5. The summed E-state index contributed by atoms with van der Waals surface area (Å²) in [6.07, 6.45) is -5.37. The number of ether oxygens (including phenoxy) is 2. The second-order valence-electron chi connectivity index (χ2n) is 6.50. The highest BCUT2D eigenvalue weighted by Crippen LogP contribution is 2.28. The highest BCUT2D eigenvalue weighted by atomic mass is 32.2.